The molecule has 0 saturated carbocycles. The molecule has 0 amide bonds. The Balaban J connectivity index is 2.95. The van der Waals surface area contributed by atoms with Crippen LogP contribution in [0, 0.1) is 11.8 Å². The third kappa shape index (κ3) is 3.20. The van der Waals surface area contributed by atoms with Gasteiger partial charge in [0.15, 0.2) is 0 Å². The molecule has 0 fully saturated rings. The van der Waals surface area contributed by atoms with Gasteiger partial charge in [0.05, 0.1) is 19.1 Å². The first-order valence-electron chi connectivity index (χ1n) is 5.52. The minimum atomic E-state index is -0.928. The van der Waals surface area contributed by atoms with E-state index in [-0.39, 0.29) is 11.7 Å². The molecule has 2 unspecified atom stereocenters. The third-order valence-electron chi connectivity index (χ3n) is 2.77. The molecular formula is C13H18O4. The highest BCUT2D eigenvalue weighted by molar-refractivity contribution is 5.73. The highest BCUT2D eigenvalue weighted by Crippen LogP contribution is 2.29. The highest BCUT2D eigenvalue weighted by atomic mass is 16.5. The molecule has 2 N–H and O–H groups in total. The highest BCUT2D eigenvalue weighted by Gasteiger charge is 2.31. The number of ether oxygens (including phenoxy) is 1. The van der Waals surface area contributed by atoms with E-state index in [0.717, 1.165) is 0 Å². The number of rotatable bonds is 4. The zero-order chi connectivity index (χ0) is 13.0. The van der Waals surface area contributed by atoms with Crippen LogP contribution < -0.4 is 0 Å². The number of carbonyl (C=O) groups is 1. The van der Waals surface area contributed by atoms with Crippen molar-refractivity contribution in [1.29, 1.82) is 0 Å². The van der Waals surface area contributed by atoms with Crippen molar-refractivity contribution in [2.45, 2.75) is 20.0 Å². The summed E-state index contributed by atoms with van der Waals surface area (Å²) in [6.07, 6.45) is -0.928. The summed E-state index contributed by atoms with van der Waals surface area (Å²) >= 11 is 0. The monoisotopic (exact) mass is 238 g/mol. The fourth-order valence-corrected chi connectivity index (χ4v) is 1.78. The summed E-state index contributed by atoms with van der Waals surface area (Å²) in [4.78, 5) is 11.6. The predicted molar refractivity (Wildman–Crippen MR) is 63.4 cm³/mol. The topological polar surface area (TPSA) is 66.8 Å². The lowest BCUT2D eigenvalue weighted by atomic mass is 9.86. The van der Waals surface area contributed by atoms with Gasteiger partial charge < -0.3 is 14.9 Å². The van der Waals surface area contributed by atoms with E-state index in [9.17, 15) is 9.90 Å². The van der Waals surface area contributed by atoms with Gasteiger partial charge >= 0.3 is 5.97 Å². The number of hydrogen-bond acceptors (Lipinski definition) is 4. The number of phenolic OH excluding ortho intramolecular Hbond substituents is 1. The standard InChI is InChI=1S/C13H18O4/c1-8(2)11(13(16)17-3)12(15)9-4-6-10(14)7-5-9/h4-8,11-12,14-15H,1-3H3. The molecule has 4 heteroatoms. The molecule has 94 valence electrons. The summed E-state index contributed by atoms with van der Waals surface area (Å²) in [6, 6.07) is 6.15. The zero-order valence-corrected chi connectivity index (χ0v) is 10.3. The molecule has 0 heterocycles. The van der Waals surface area contributed by atoms with E-state index >= 15 is 0 Å². The van der Waals surface area contributed by atoms with Crippen LogP contribution >= 0.6 is 0 Å². The summed E-state index contributed by atoms with van der Waals surface area (Å²) in [5, 5.41) is 19.3. The number of hydrogen-bond donors (Lipinski definition) is 2. The van der Waals surface area contributed by atoms with Gasteiger partial charge in [-0.3, -0.25) is 4.79 Å². The lowest BCUT2D eigenvalue weighted by Gasteiger charge is -2.24. The van der Waals surface area contributed by atoms with Gasteiger partial charge in [-0.2, -0.15) is 0 Å². The molecule has 0 spiro atoms. The Morgan fingerprint density at radius 2 is 1.76 bits per heavy atom. The maximum absolute atomic E-state index is 11.6. The van der Waals surface area contributed by atoms with Crippen LogP contribution in [0.4, 0.5) is 0 Å². The molecule has 0 aliphatic rings. The fraction of sp³-hybridized carbons (Fsp3) is 0.462. The molecule has 0 aliphatic carbocycles. The molecule has 0 radical (unpaired) electrons. The number of aliphatic hydroxyl groups excluding tert-OH is 1. The average molecular weight is 238 g/mol. The minimum absolute atomic E-state index is 0.0359. The van der Waals surface area contributed by atoms with Crippen LogP contribution in [0.2, 0.25) is 0 Å². The van der Waals surface area contributed by atoms with Crippen molar-refractivity contribution in [1.82, 2.24) is 0 Å². The SMILES string of the molecule is COC(=O)C(C(C)C)C(O)c1ccc(O)cc1. The lowest BCUT2D eigenvalue weighted by molar-refractivity contribution is -0.152. The van der Waals surface area contributed by atoms with Crippen molar-refractivity contribution in [3.05, 3.63) is 29.8 Å². The fourth-order valence-electron chi connectivity index (χ4n) is 1.78. The van der Waals surface area contributed by atoms with E-state index in [1.165, 1.54) is 19.2 Å². The van der Waals surface area contributed by atoms with Crippen LogP contribution in [0.15, 0.2) is 24.3 Å². The molecule has 2 atom stereocenters. The predicted octanol–water partition coefficient (Wildman–Crippen LogP) is 1.87. The summed E-state index contributed by atoms with van der Waals surface area (Å²) in [5.41, 5.74) is 0.590. The second-order valence-corrected chi connectivity index (χ2v) is 4.33. The quantitative estimate of drug-likeness (QED) is 0.786. The molecule has 4 nitrogen and oxygen atoms in total. The number of phenols is 1. The summed E-state index contributed by atoms with van der Waals surface area (Å²) in [6.45, 7) is 3.70. The van der Waals surface area contributed by atoms with Gasteiger partial charge in [0.25, 0.3) is 0 Å². The summed E-state index contributed by atoms with van der Waals surface area (Å²) < 4.78 is 4.69. The zero-order valence-electron chi connectivity index (χ0n) is 10.3. The van der Waals surface area contributed by atoms with E-state index in [0.29, 0.717) is 5.56 Å². The van der Waals surface area contributed by atoms with Crippen LogP contribution in [-0.2, 0) is 9.53 Å². The molecule has 0 saturated heterocycles. The van der Waals surface area contributed by atoms with Crippen LogP contribution in [0.3, 0.4) is 0 Å². The first kappa shape index (κ1) is 13.5. The maximum atomic E-state index is 11.6. The van der Waals surface area contributed by atoms with Crippen LogP contribution in [0.1, 0.15) is 25.5 Å². The van der Waals surface area contributed by atoms with Crippen LogP contribution in [-0.4, -0.2) is 23.3 Å². The molecule has 1 aromatic carbocycles. The maximum Gasteiger partial charge on any atom is 0.311 e. The van der Waals surface area contributed by atoms with Crippen LogP contribution in [0.5, 0.6) is 5.75 Å². The number of methoxy groups -OCH3 is 1. The van der Waals surface area contributed by atoms with Gasteiger partial charge in [-0.15, -0.1) is 0 Å². The molecular weight excluding hydrogens is 220 g/mol. The Bertz CT molecular complexity index is 370. The summed E-state index contributed by atoms with van der Waals surface area (Å²) in [7, 11) is 1.31. The Morgan fingerprint density at radius 3 is 2.18 bits per heavy atom. The summed E-state index contributed by atoms with van der Waals surface area (Å²) in [5.74, 6) is -0.948. The lowest BCUT2D eigenvalue weighted by Crippen LogP contribution is -2.28. The Labute approximate surface area is 101 Å². The molecule has 17 heavy (non-hydrogen) atoms. The Kier molecular flexibility index (Phi) is 4.52. The van der Waals surface area contributed by atoms with Crippen molar-refractivity contribution in [2.75, 3.05) is 7.11 Å². The second-order valence-electron chi connectivity index (χ2n) is 4.33. The number of carbonyl (C=O) groups excluding carboxylic acids is 1. The molecule has 1 aromatic rings. The van der Waals surface area contributed by atoms with E-state index in [4.69, 9.17) is 9.84 Å². The molecule has 0 bridgehead atoms. The molecule has 1 rings (SSSR count). The minimum Gasteiger partial charge on any atom is -0.508 e. The van der Waals surface area contributed by atoms with Crippen molar-refractivity contribution in [3.8, 4) is 5.75 Å². The van der Waals surface area contributed by atoms with Gasteiger partial charge in [-0.05, 0) is 23.6 Å². The smallest absolute Gasteiger partial charge is 0.311 e. The Hall–Kier alpha value is -1.55. The van der Waals surface area contributed by atoms with Crippen molar-refractivity contribution < 1.29 is 19.7 Å². The average Bonchev–Trinajstić information content (AvgIpc) is 2.29. The van der Waals surface area contributed by atoms with Gasteiger partial charge in [-0.1, -0.05) is 26.0 Å². The van der Waals surface area contributed by atoms with E-state index in [1.807, 2.05) is 13.8 Å². The number of esters is 1. The van der Waals surface area contributed by atoms with Gasteiger partial charge in [0.1, 0.15) is 5.75 Å². The van der Waals surface area contributed by atoms with Gasteiger partial charge in [-0.25, -0.2) is 0 Å². The van der Waals surface area contributed by atoms with Crippen LogP contribution in [0.25, 0.3) is 0 Å². The van der Waals surface area contributed by atoms with Gasteiger partial charge in [0, 0.05) is 0 Å². The number of benzene rings is 1. The van der Waals surface area contributed by atoms with E-state index in [2.05, 4.69) is 0 Å². The van der Waals surface area contributed by atoms with E-state index in [1.54, 1.807) is 12.1 Å². The first-order valence-corrected chi connectivity index (χ1v) is 5.52. The molecule has 0 aromatic heterocycles. The molecule has 0 aliphatic heterocycles. The second kappa shape index (κ2) is 5.68. The number of aromatic hydroxyl groups is 1. The van der Waals surface area contributed by atoms with Crippen molar-refractivity contribution >= 4 is 5.97 Å². The number of aliphatic hydroxyl groups is 1. The van der Waals surface area contributed by atoms with Crippen molar-refractivity contribution in [3.63, 3.8) is 0 Å². The van der Waals surface area contributed by atoms with E-state index < -0.39 is 18.0 Å². The van der Waals surface area contributed by atoms with Crippen molar-refractivity contribution in [2.24, 2.45) is 11.8 Å². The first-order chi connectivity index (χ1) is 7.97. The largest absolute Gasteiger partial charge is 0.508 e. The Morgan fingerprint density at radius 1 is 1.24 bits per heavy atom. The third-order valence-corrected chi connectivity index (χ3v) is 2.77. The normalized spacial score (nSPS) is 14.4. The van der Waals surface area contributed by atoms with Gasteiger partial charge in [0.2, 0.25) is 0 Å².